The van der Waals surface area contributed by atoms with Crippen LogP contribution in [-0.4, -0.2) is 34.6 Å². The molecule has 1 aliphatic rings. The molecular weight excluding hydrogens is 466 g/mol. The van der Waals surface area contributed by atoms with Crippen molar-refractivity contribution in [2.75, 3.05) is 13.3 Å². The second-order valence-electron chi connectivity index (χ2n) is 8.45. The molecule has 2 heterocycles. The van der Waals surface area contributed by atoms with Crippen molar-refractivity contribution in [1.29, 1.82) is 0 Å². The molecule has 184 valence electrons. The lowest BCUT2D eigenvalue weighted by atomic mass is 9.87. The molecule has 3 aromatic carbocycles. The van der Waals surface area contributed by atoms with Crippen LogP contribution in [0.15, 0.2) is 76.1 Å². The van der Waals surface area contributed by atoms with E-state index in [4.69, 9.17) is 13.9 Å². The zero-order chi connectivity index (χ0) is 25.2. The van der Waals surface area contributed by atoms with Gasteiger partial charge >= 0.3 is 0 Å². The molecule has 9 heteroatoms. The molecule has 0 fully saturated rings. The summed E-state index contributed by atoms with van der Waals surface area (Å²) < 4.78 is 16.4. The van der Waals surface area contributed by atoms with Gasteiger partial charge in [0.2, 0.25) is 12.7 Å². The number of aromatic hydroxyl groups is 2. The lowest BCUT2D eigenvalue weighted by Gasteiger charge is -2.19. The standard InChI is InChI=1S/C27H23NO8/c29-16-5-3-4-15(8-16)22(31)12-28-26(32)10-18(19-9-24-25(11-21(19)30)36-14-35-24)20-13-34-23-7-2-1-6-17(23)27(20)33/h1-9,11,13,18,22,29-31H,10,12,14H2,(H,28,32)/t18-,22+/m1/s1. The van der Waals surface area contributed by atoms with Gasteiger partial charge in [-0.15, -0.1) is 0 Å². The van der Waals surface area contributed by atoms with Gasteiger partial charge in [0.05, 0.1) is 17.8 Å². The van der Waals surface area contributed by atoms with E-state index in [0.29, 0.717) is 33.6 Å². The van der Waals surface area contributed by atoms with E-state index in [2.05, 4.69) is 5.32 Å². The van der Waals surface area contributed by atoms with E-state index in [-0.39, 0.29) is 42.2 Å². The van der Waals surface area contributed by atoms with Crippen LogP contribution in [0.1, 0.15) is 35.1 Å². The fourth-order valence-corrected chi connectivity index (χ4v) is 4.26. The number of aliphatic hydroxyl groups excluding tert-OH is 1. The van der Waals surface area contributed by atoms with Gasteiger partial charge in [-0.3, -0.25) is 9.59 Å². The van der Waals surface area contributed by atoms with Gasteiger partial charge in [0.1, 0.15) is 17.1 Å². The highest BCUT2D eigenvalue weighted by Gasteiger charge is 2.28. The van der Waals surface area contributed by atoms with Gasteiger partial charge < -0.3 is 34.5 Å². The van der Waals surface area contributed by atoms with Gasteiger partial charge in [-0.1, -0.05) is 24.3 Å². The molecule has 0 saturated heterocycles. The Bertz CT molecular complexity index is 1500. The number of phenols is 2. The van der Waals surface area contributed by atoms with Crippen LogP contribution in [0.3, 0.4) is 0 Å². The molecule has 36 heavy (non-hydrogen) atoms. The van der Waals surface area contributed by atoms with Crippen molar-refractivity contribution in [3.05, 3.63) is 93.8 Å². The van der Waals surface area contributed by atoms with Gasteiger partial charge in [-0.2, -0.15) is 0 Å². The van der Waals surface area contributed by atoms with Crippen molar-refractivity contribution in [2.24, 2.45) is 0 Å². The normalized spacial score (nSPS) is 13.9. The van der Waals surface area contributed by atoms with Gasteiger partial charge in [0.25, 0.3) is 0 Å². The fraction of sp³-hybridized carbons (Fsp3) is 0.185. The number of rotatable bonds is 7. The van der Waals surface area contributed by atoms with Crippen molar-refractivity contribution in [1.82, 2.24) is 5.32 Å². The minimum absolute atomic E-state index is 0.000691. The maximum absolute atomic E-state index is 13.4. The number of amides is 1. The predicted octanol–water partition coefficient (Wildman–Crippen LogP) is 3.30. The van der Waals surface area contributed by atoms with Crippen LogP contribution in [0, 0.1) is 0 Å². The van der Waals surface area contributed by atoms with Gasteiger partial charge in [-0.05, 0) is 35.9 Å². The summed E-state index contributed by atoms with van der Waals surface area (Å²) in [5.74, 6) is -0.761. The number of benzene rings is 3. The van der Waals surface area contributed by atoms with E-state index in [1.807, 2.05) is 0 Å². The Morgan fingerprint density at radius 1 is 0.972 bits per heavy atom. The number of aliphatic hydroxyl groups is 1. The van der Waals surface area contributed by atoms with Crippen LogP contribution >= 0.6 is 0 Å². The summed E-state index contributed by atoms with van der Waals surface area (Å²) in [7, 11) is 0. The quantitative estimate of drug-likeness (QED) is 0.310. The summed E-state index contributed by atoms with van der Waals surface area (Å²) in [4.78, 5) is 26.3. The van der Waals surface area contributed by atoms with Crippen molar-refractivity contribution in [3.8, 4) is 23.0 Å². The molecule has 4 aromatic rings. The number of nitrogens with one attached hydrogen (secondary N) is 1. The Kier molecular flexibility index (Phi) is 6.22. The van der Waals surface area contributed by atoms with E-state index in [0.717, 1.165) is 0 Å². The van der Waals surface area contributed by atoms with Crippen molar-refractivity contribution in [2.45, 2.75) is 18.4 Å². The van der Waals surface area contributed by atoms with E-state index in [9.17, 15) is 24.9 Å². The average Bonchev–Trinajstić information content (AvgIpc) is 3.33. The van der Waals surface area contributed by atoms with Crippen LogP contribution in [-0.2, 0) is 4.79 Å². The first-order valence-electron chi connectivity index (χ1n) is 11.3. The smallest absolute Gasteiger partial charge is 0.231 e. The highest BCUT2D eigenvalue weighted by Crippen LogP contribution is 2.42. The summed E-state index contributed by atoms with van der Waals surface area (Å²) in [5, 5.41) is 33.8. The Balaban J connectivity index is 1.46. The number of carbonyl (C=O) groups excluding carboxylic acids is 1. The van der Waals surface area contributed by atoms with Crippen LogP contribution in [0.2, 0.25) is 0 Å². The first-order valence-corrected chi connectivity index (χ1v) is 11.3. The molecule has 0 saturated carbocycles. The molecule has 0 aliphatic carbocycles. The first-order chi connectivity index (χ1) is 17.4. The van der Waals surface area contributed by atoms with Crippen LogP contribution in [0.4, 0.5) is 0 Å². The largest absolute Gasteiger partial charge is 0.508 e. The maximum atomic E-state index is 13.4. The van der Waals surface area contributed by atoms with Gasteiger partial charge in [0.15, 0.2) is 16.9 Å². The highest BCUT2D eigenvalue weighted by atomic mass is 16.7. The Morgan fingerprint density at radius 3 is 2.56 bits per heavy atom. The van der Waals surface area contributed by atoms with Crippen molar-refractivity contribution >= 4 is 16.9 Å². The Hall–Kier alpha value is -4.50. The monoisotopic (exact) mass is 489 g/mol. The van der Waals surface area contributed by atoms with E-state index in [1.165, 1.54) is 24.5 Å². The molecule has 0 bridgehead atoms. The van der Waals surface area contributed by atoms with Gasteiger partial charge in [-0.25, -0.2) is 0 Å². The number of carbonyl (C=O) groups is 1. The second kappa shape index (κ2) is 9.63. The lowest BCUT2D eigenvalue weighted by Crippen LogP contribution is -2.30. The second-order valence-corrected chi connectivity index (χ2v) is 8.45. The predicted molar refractivity (Wildman–Crippen MR) is 129 cm³/mol. The summed E-state index contributed by atoms with van der Waals surface area (Å²) in [5.41, 5.74) is 0.998. The number of fused-ring (bicyclic) bond motifs is 2. The molecule has 1 amide bonds. The van der Waals surface area contributed by atoms with E-state index >= 15 is 0 Å². The molecule has 1 aromatic heterocycles. The van der Waals surface area contributed by atoms with E-state index in [1.54, 1.807) is 42.5 Å². The topological polar surface area (TPSA) is 138 Å². The van der Waals surface area contributed by atoms with Crippen molar-refractivity contribution < 1.29 is 34.0 Å². The zero-order valence-corrected chi connectivity index (χ0v) is 19.0. The SMILES string of the molecule is O=C(C[C@H](c1cc2c(cc1O)OCO2)c1coc2ccccc2c1=O)NC[C@H](O)c1cccc(O)c1. The molecule has 5 rings (SSSR count). The minimum Gasteiger partial charge on any atom is -0.508 e. The first kappa shape index (κ1) is 23.3. The maximum Gasteiger partial charge on any atom is 0.231 e. The summed E-state index contributed by atoms with van der Waals surface area (Å²) >= 11 is 0. The third-order valence-electron chi connectivity index (χ3n) is 6.12. The number of hydrogen-bond donors (Lipinski definition) is 4. The molecule has 0 radical (unpaired) electrons. The molecule has 9 nitrogen and oxygen atoms in total. The molecule has 0 unspecified atom stereocenters. The molecular formula is C27H23NO8. The zero-order valence-electron chi connectivity index (χ0n) is 19.0. The Morgan fingerprint density at radius 2 is 1.75 bits per heavy atom. The van der Waals surface area contributed by atoms with Gasteiger partial charge in [0, 0.05) is 36.1 Å². The third kappa shape index (κ3) is 4.56. The summed E-state index contributed by atoms with van der Waals surface area (Å²) in [6.45, 7) is -0.122. The Labute approximate surface area is 205 Å². The third-order valence-corrected chi connectivity index (χ3v) is 6.12. The summed E-state index contributed by atoms with van der Waals surface area (Å²) in [6, 6.07) is 15.8. The molecule has 0 spiro atoms. The van der Waals surface area contributed by atoms with Crippen LogP contribution in [0.5, 0.6) is 23.0 Å². The van der Waals surface area contributed by atoms with Crippen LogP contribution < -0.4 is 20.2 Å². The molecule has 1 aliphatic heterocycles. The average molecular weight is 489 g/mol. The van der Waals surface area contributed by atoms with E-state index < -0.39 is 17.9 Å². The fourth-order valence-electron chi connectivity index (χ4n) is 4.26. The molecule has 2 atom stereocenters. The summed E-state index contributed by atoms with van der Waals surface area (Å²) in [6.07, 6.45) is 0.0290. The van der Waals surface area contributed by atoms with Crippen LogP contribution in [0.25, 0.3) is 11.0 Å². The highest BCUT2D eigenvalue weighted by molar-refractivity contribution is 5.80. The number of hydrogen-bond acceptors (Lipinski definition) is 8. The minimum atomic E-state index is -1.05. The number of para-hydroxylation sites is 1. The number of ether oxygens (including phenoxy) is 2. The molecule has 4 N–H and O–H groups in total. The van der Waals surface area contributed by atoms with Crippen molar-refractivity contribution in [3.63, 3.8) is 0 Å². The number of phenolic OH excluding ortho intramolecular Hbond substituents is 2. The lowest BCUT2D eigenvalue weighted by molar-refractivity contribution is -0.121.